The van der Waals surface area contributed by atoms with Gasteiger partial charge in [0.1, 0.15) is 0 Å². The summed E-state index contributed by atoms with van der Waals surface area (Å²) in [6.45, 7) is 3.14. The zero-order chi connectivity index (χ0) is 11.5. The Bertz CT molecular complexity index is 287. The van der Waals surface area contributed by atoms with Crippen LogP contribution in [0.15, 0.2) is 0 Å². The number of nitrogens with zero attached hydrogens (tertiary/aromatic N) is 1. The minimum Gasteiger partial charge on any atom is -0.314 e. The maximum Gasteiger partial charge on any atom is 0.350 e. The van der Waals surface area contributed by atoms with Crippen molar-refractivity contribution in [1.82, 2.24) is 9.62 Å². The molecule has 1 N–H and O–H groups in total. The third kappa shape index (κ3) is 3.09. The molecule has 0 atom stereocenters. The molecule has 15 heavy (non-hydrogen) atoms. The molecule has 0 aliphatic carbocycles. The first-order valence-electron chi connectivity index (χ1n) is 4.99. The van der Waals surface area contributed by atoms with Crippen LogP contribution in [0.25, 0.3) is 0 Å². The average Bonchev–Trinajstić information content (AvgIpc) is 2.19. The minimum absolute atomic E-state index is 0.185. The highest BCUT2D eigenvalue weighted by atomic mass is 32.2. The quantitative estimate of drug-likeness (QED) is 0.786. The van der Waals surface area contributed by atoms with Crippen molar-refractivity contribution in [3.05, 3.63) is 0 Å². The predicted octanol–water partition coefficient (Wildman–Crippen LogP) is 0.613. The Kier molecular flexibility index (Phi) is 4.42. The van der Waals surface area contributed by atoms with Crippen LogP contribution in [-0.4, -0.2) is 44.2 Å². The standard InChI is InChI=1S/C8H16F2N2O2S/c1-2-11-7-3-5-12(6-4-7)15(13,14)8(9)10/h7-8,11H,2-6H2,1H3. The smallest absolute Gasteiger partial charge is 0.314 e. The lowest BCUT2D eigenvalue weighted by Gasteiger charge is -2.31. The van der Waals surface area contributed by atoms with Gasteiger partial charge < -0.3 is 5.32 Å². The van der Waals surface area contributed by atoms with E-state index < -0.39 is 15.8 Å². The molecule has 1 fully saturated rings. The van der Waals surface area contributed by atoms with Gasteiger partial charge in [-0.3, -0.25) is 0 Å². The first kappa shape index (κ1) is 12.8. The second kappa shape index (κ2) is 5.18. The summed E-state index contributed by atoms with van der Waals surface area (Å²) in [5.74, 6) is -3.30. The van der Waals surface area contributed by atoms with E-state index in [0.717, 1.165) is 10.8 Å². The lowest BCUT2D eigenvalue weighted by Crippen LogP contribution is -2.46. The van der Waals surface area contributed by atoms with E-state index >= 15 is 0 Å². The molecule has 0 unspecified atom stereocenters. The molecule has 1 saturated heterocycles. The van der Waals surface area contributed by atoms with Crippen molar-refractivity contribution in [1.29, 1.82) is 0 Å². The highest BCUT2D eigenvalue weighted by molar-refractivity contribution is 7.89. The summed E-state index contributed by atoms with van der Waals surface area (Å²) in [6.07, 6.45) is 1.19. The molecular formula is C8H16F2N2O2S. The number of hydrogen-bond acceptors (Lipinski definition) is 3. The fraction of sp³-hybridized carbons (Fsp3) is 1.00. The molecular weight excluding hydrogens is 226 g/mol. The molecule has 0 aromatic rings. The normalized spacial score (nSPS) is 21.1. The van der Waals surface area contributed by atoms with Crippen LogP contribution in [0.5, 0.6) is 0 Å². The van der Waals surface area contributed by atoms with Gasteiger partial charge in [-0.05, 0) is 19.4 Å². The first-order valence-corrected chi connectivity index (χ1v) is 6.49. The third-order valence-electron chi connectivity index (χ3n) is 2.53. The lowest BCUT2D eigenvalue weighted by molar-refractivity contribution is 0.208. The summed E-state index contributed by atoms with van der Waals surface area (Å²) in [6, 6.07) is 0.249. The molecule has 90 valence electrons. The van der Waals surface area contributed by atoms with E-state index in [4.69, 9.17) is 0 Å². The number of hydrogen-bond donors (Lipinski definition) is 1. The van der Waals surface area contributed by atoms with Gasteiger partial charge in [-0.15, -0.1) is 0 Å². The Hall–Kier alpha value is -0.270. The molecule has 1 aliphatic rings. The Balaban J connectivity index is 2.51. The Labute approximate surface area is 88.7 Å². The van der Waals surface area contributed by atoms with Gasteiger partial charge in [0.05, 0.1) is 0 Å². The van der Waals surface area contributed by atoms with Gasteiger partial charge in [0.25, 0.3) is 10.0 Å². The van der Waals surface area contributed by atoms with Crippen molar-refractivity contribution in [3.8, 4) is 0 Å². The molecule has 0 saturated carbocycles. The van der Waals surface area contributed by atoms with Crippen molar-refractivity contribution in [2.75, 3.05) is 19.6 Å². The number of sulfonamides is 1. The molecule has 7 heteroatoms. The third-order valence-corrected chi connectivity index (χ3v) is 4.07. The molecule has 0 radical (unpaired) electrons. The van der Waals surface area contributed by atoms with Crippen LogP contribution in [0, 0.1) is 0 Å². The van der Waals surface area contributed by atoms with E-state index in [1.165, 1.54) is 0 Å². The van der Waals surface area contributed by atoms with Crippen molar-refractivity contribution in [2.24, 2.45) is 0 Å². The first-order chi connectivity index (χ1) is 6.98. The summed E-state index contributed by atoms with van der Waals surface area (Å²) in [4.78, 5) is 0. The van der Waals surface area contributed by atoms with Crippen LogP contribution in [-0.2, 0) is 10.0 Å². The maximum absolute atomic E-state index is 12.2. The molecule has 0 amide bonds. The minimum atomic E-state index is -4.37. The number of nitrogens with one attached hydrogen (secondary N) is 1. The van der Waals surface area contributed by atoms with E-state index in [1.54, 1.807) is 0 Å². The van der Waals surface area contributed by atoms with Gasteiger partial charge >= 0.3 is 5.76 Å². The zero-order valence-electron chi connectivity index (χ0n) is 8.62. The van der Waals surface area contributed by atoms with Gasteiger partial charge in [-0.25, -0.2) is 8.42 Å². The highest BCUT2D eigenvalue weighted by Crippen LogP contribution is 2.18. The molecule has 1 heterocycles. The van der Waals surface area contributed by atoms with Crippen LogP contribution >= 0.6 is 0 Å². The second-order valence-corrected chi connectivity index (χ2v) is 5.44. The van der Waals surface area contributed by atoms with Crippen molar-refractivity contribution in [3.63, 3.8) is 0 Å². The Morgan fingerprint density at radius 1 is 1.40 bits per heavy atom. The fourth-order valence-corrected chi connectivity index (χ4v) is 2.66. The van der Waals surface area contributed by atoms with E-state index in [1.807, 2.05) is 6.92 Å². The van der Waals surface area contributed by atoms with E-state index in [9.17, 15) is 17.2 Å². The van der Waals surface area contributed by atoms with Crippen molar-refractivity contribution in [2.45, 2.75) is 31.6 Å². The van der Waals surface area contributed by atoms with Gasteiger partial charge in [0, 0.05) is 19.1 Å². The van der Waals surface area contributed by atoms with E-state index in [2.05, 4.69) is 5.32 Å². The van der Waals surface area contributed by atoms with Crippen LogP contribution < -0.4 is 5.32 Å². The number of rotatable bonds is 4. The van der Waals surface area contributed by atoms with Crippen LogP contribution in [0.2, 0.25) is 0 Å². The maximum atomic E-state index is 12.2. The molecule has 4 nitrogen and oxygen atoms in total. The topological polar surface area (TPSA) is 49.4 Å². The fourth-order valence-electron chi connectivity index (χ4n) is 1.72. The van der Waals surface area contributed by atoms with Crippen LogP contribution in [0.4, 0.5) is 8.78 Å². The van der Waals surface area contributed by atoms with Gasteiger partial charge in [0.2, 0.25) is 0 Å². The Morgan fingerprint density at radius 2 is 1.93 bits per heavy atom. The molecule has 1 rings (SSSR count). The number of alkyl halides is 2. The number of halogens is 2. The van der Waals surface area contributed by atoms with Crippen molar-refractivity contribution < 1.29 is 17.2 Å². The largest absolute Gasteiger partial charge is 0.350 e. The molecule has 0 aromatic heterocycles. The summed E-state index contributed by atoms with van der Waals surface area (Å²) in [5, 5.41) is 3.18. The molecule has 0 bridgehead atoms. The SMILES string of the molecule is CCNC1CCN(S(=O)(=O)C(F)F)CC1. The number of piperidine rings is 1. The summed E-state index contributed by atoms with van der Waals surface area (Å²) in [7, 11) is -4.37. The summed E-state index contributed by atoms with van der Waals surface area (Å²) < 4.78 is 47.5. The average molecular weight is 242 g/mol. The predicted molar refractivity (Wildman–Crippen MR) is 53.2 cm³/mol. The summed E-state index contributed by atoms with van der Waals surface area (Å²) in [5.41, 5.74) is 0. The second-order valence-electron chi connectivity index (χ2n) is 3.54. The molecule has 1 aliphatic heterocycles. The monoisotopic (exact) mass is 242 g/mol. The van der Waals surface area contributed by atoms with Crippen LogP contribution in [0.1, 0.15) is 19.8 Å². The summed E-state index contributed by atoms with van der Waals surface area (Å²) >= 11 is 0. The van der Waals surface area contributed by atoms with E-state index in [-0.39, 0.29) is 19.1 Å². The van der Waals surface area contributed by atoms with Crippen molar-refractivity contribution >= 4 is 10.0 Å². The zero-order valence-corrected chi connectivity index (χ0v) is 9.43. The highest BCUT2D eigenvalue weighted by Gasteiger charge is 2.34. The lowest BCUT2D eigenvalue weighted by atomic mass is 10.1. The molecule has 0 spiro atoms. The van der Waals surface area contributed by atoms with Gasteiger partial charge in [-0.2, -0.15) is 13.1 Å². The van der Waals surface area contributed by atoms with E-state index in [0.29, 0.717) is 12.8 Å². The van der Waals surface area contributed by atoms with Gasteiger partial charge in [-0.1, -0.05) is 6.92 Å². The van der Waals surface area contributed by atoms with Gasteiger partial charge in [0.15, 0.2) is 0 Å². The molecule has 0 aromatic carbocycles. The Morgan fingerprint density at radius 3 is 2.33 bits per heavy atom. The van der Waals surface area contributed by atoms with Crippen LogP contribution in [0.3, 0.4) is 0 Å².